The van der Waals surface area contributed by atoms with Crippen LogP contribution in [0.5, 0.6) is 11.5 Å². The first-order valence-electron chi connectivity index (χ1n) is 16.0. The number of carbonyl (C=O) groups excluding carboxylic acids is 6. The summed E-state index contributed by atoms with van der Waals surface area (Å²) in [5.41, 5.74) is 0.293. The van der Waals surface area contributed by atoms with Crippen LogP contribution >= 0.6 is 0 Å². The zero-order valence-electron chi connectivity index (χ0n) is 28.7. The Morgan fingerprint density at radius 1 is 0.980 bits per heavy atom. The van der Waals surface area contributed by atoms with Crippen LogP contribution in [0.3, 0.4) is 0 Å². The Morgan fingerprint density at radius 2 is 1.69 bits per heavy atom. The topological polar surface area (TPSA) is 207 Å². The summed E-state index contributed by atoms with van der Waals surface area (Å²) < 4.78 is 16.2. The summed E-state index contributed by atoms with van der Waals surface area (Å²) >= 11 is 0. The number of aldehydes is 1. The molecule has 0 aliphatic carbocycles. The van der Waals surface area contributed by atoms with E-state index in [1.54, 1.807) is 52.8 Å². The lowest BCUT2D eigenvalue weighted by Crippen LogP contribution is -2.59. The molecular formula is C33H45N7O9. The minimum Gasteiger partial charge on any atom is -0.497 e. The fraction of sp³-hybridized carbons (Fsp3) is 0.515. The monoisotopic (exact) mass is 683 g/mol. The van der Waals surface area contributed by atoms with Gasteiger partial charge in [0.1, 0.15) is 47.7 Å². The second-order valence-corrected chi connectivity index (χ2v) is 12.1. The predicted octanol–water partition coefficient (Wildman–Crippen LogP) is 1.70. The van der Waals surface area contributed by atoms with Gasteiger partial charge in [-0.05, 0) is 30.4 Å². The Bertz CT molecular complexity index is 1490. The minimum absolute atomic E-state index is 0.0176. The number of likely N-dealkylation sites (tertiary alicyclic amines) is 1. The number of methoxy groups -OCH3 is 2. The van der Waals surface area contributed by atoms with Gasteiger partial charge in [0.15, 0.2) is 0 Å². The number of nitrogens with one attached hydrogen (secondary N) is 4. The van der Waals surface area contributed by atoms with Crippen LogP contribution in [0.25, 0.3) is 0 Å². The van der Waals surface area contributed by atoms with Crippen LogP contribution < -0.4 is 30.7 Å². The maximum Gasteiger partial charge on any atom is 0.412 e. The van der Waals surface area contributed by atoms with Gasteiger partial charge in [-0.25, -0.2) is 9.78 Å². The summed E-state index contributed by atoms with van der Waals surface area (Å²) in [4.78, 5) is 87.5. The first-order valence-corrected chi connectivity index (χ1v) is 16.0. The van der Waals surface area contributed by atoms with Crippen LogP contribution in [0.15, 0.2) is 36.8 Å². The fourth-order valence-corrected chi connectivity index (χ4v) is 5.19. The quantitative estimate of drug-likeness (QED) is 0.199. The average Bonchev–Trinajstić information content (AvgIpc) is 3.51. The molecule has 2 aromatic rings. The molecule has 4 N–H and O–H groups in total. The number of aromatic nitrogens is 2. The molecule has 1 aliphatic heterocycles. The number of hydrogen-bond donors (Lipinski definition) is 4. The molecule has 1 aromatic carbocycles. The number of anilines is 1. The summed E-state index contributed by atoms with van der Waals surface area (Å²) in [6.45, 7) is 8.46. The van der Waals surface area contributed by atoms with Crippen molar-refractivity contribution in [3.05, 3.63) is 42.5 Å². The number of benzene rings is 1. The Hall–Kier alpha value is -5.28. The van der Waals surface area contributed by atoms with Crippen molar-refractivity contribution in [1.29, 1.82) is 0 Å². The SMILES string of the molecule is CC[C@@H](C=O)NC(=O)[C@@H]1C[C@@H](OC(=O)Nc2cc(OC)ccc2OC)CN1C(=O)[C@@H](NC(=O)[C@@H](NC(=O)c1cnccn1)C(C)C)C(C)C. The normalized spacial score (nSPS) is 17.4. The van der Waals surface area contributed by atoms with Gasteiger partial charge in [-0.1, -0.05) is 34.6 Å². The first-order chi connectivity index (χ1) is 23.3. The number of carbonyl (C=O) groups is 6. The number of amides is 5. The third-order valence-electron chi connectivity index (χ3n) is 7.96. The van der Waals surface area contributed by atoms with Crippen LogP contribution in [0.1, 0.15) is 57.9 Å². The van der Waals surface area contributed by atoms with Gasteiger partial charge in [-0.15, -0.1) is 0 Å². The highest BCUT2D eigenvalue weighted by Crippen LogP contribution is 2.30. The van der Waals surface area contributed by atoms with Gasteiger partial charge in [0.2, 0.25) is 17.7 Å². The van der Waals surface area contributed by atoms with E-state index in [9.17, 15) is 28.8 Å². The summed E-state index contributed by atoms with van der Waals surface area (Å²) in [6, 6.07) is 0.724. The molecule has 1 saturated heterocycles. The van der Waals surface area contributed by atoms with E-state index in [-0.39, 0.29) is 30.3 Å². The summed E-state index contributed by atoms with van der Waals surface area (Å²) in [5.74, 6) is -2.47. The molecule has 49 heavy (non-hydrogen) atoms. The highest BCUT2D eigenvalue weighted by atomic mass is 16.6. The zero-order chi connectivity index (χ0) is 36.2. The van der Waals surface area contributed by atoms with Crippen LogP contribution in [-0.2, 0) is 23.9 Å². The molecule has 3 rings (SSSR count). The third-order valence-corrected chi connectivity index (χ3v) is 7.96. The second kappa shape index (κ2) is 17.8. The summed E-state index contributed by atoms with van der Waals surface area (Å²) in [7, 11) is 2.91. The molecule has 266 valence electrons. The van der Waals surface area contributed by atoms with Crippen molar-refractivity contribution in [2.45, 2.75) is 77.7 Å². The average molecular weight is 684 g/mol. The second-order valence-electron chi connectivity index (χ2n) is 12.1. The number of rotatable bonds is 15. The van der Waals surface area contributed by atoms with E-state index >= 15 is 0 Å². The summed E-state index contributed by atoms with van der Waals surface area (Å²) in [6.07, 6.45) is 3.09. The maximum atomic E-state index is 14.1. The van der Waals surface area contributed by atoms with Crippen molar-refractivity contribution >= 4 is 41.7 Å². The van der Waals surface area contributed by atoms with E-state index in [4.69, 9.17) is 14.2 Å². The molecule has 0 saturated carbocycles. The van der Waals surface area contributed by atoms with Gasteiger partial charge in [-0.2, -0.15) is 0 Å². The van der Waals surface area contributed by atoms with Gasteiger partial charge in [0.25, 0.3) is 5.91 Å². The Balaban J connectivity index is 1.82. The van der Waals surface area contributed by atoms with Crippen LogP contribution in [-0.4, -0.2) is 102 Å². The van der Waals surface area contributed by atoms with Crippen LogP contribution in [0.4, 0.5) is 10.5 Å². The Labute approximate surface area is 285 Å². The number of hydrogen-bond acceptors (Lipinski definition) is 11. The zero-order valence-corrected chi connectivity index (χ0v) is 28.7. The molecule has 5 atom stereocenters. The Morgan fingerprint density at radius 3 is 2.27 bits per heavy atom. The maximum absolute atomic E-state index is 14.1. The lowest BCUT2D eigenvalue weighted by Gasteiger charge is -2.32. The lowest BCUT2D eigenvalue weighted by molar-refractivity contribution is -0.143. The highest BCUT2D eigenvalue weighted by Gasteiger charge is 2.45. The van der Waals surface area contributed by atoms with Gasteiger partial charge in [0.05, 0.1) is 38.7 Å². The molecule has 1 aromatic heterocycles. The van der Waals surface area contributed by atoms with Crippen molar-refractivity contribution < 1.29 is 43.0 Å². The van der Waals surface area contributed by atoms with Gasteiger partial charge < -0.3 is 39.9 Å². The lowest BCUT2D eigenvalue weighted by atomic mass is 9.98. The highest BCUT2D eigenvalue weighted by molar-refractivity contribution is 5.98. The molecule has 5 amide bonds. The van der Waals surface area contributed by atoms with E-state index in [1.165, 1.54) is 37.7 Å². The molecule has 16 heteroatoms. The van der Waals surface area contributed by atoms with Crippen molar-refractivity contribution in [2.24, 2.45) is 11.8 Å². The van der Waals surface area contributed by atoms with E-state index in [2.05, 4.69) is 31.2 Å². The van der Waals surface area contributed by atoms with Crippen molar-refractivity contribution in [2.75, 3.05) is 26.1 Å². The standard InChI is InChI=1S/C33H45N7O9/c1-8-20(17-41)36-30(43)25-14-22(49-33(46)37-23-13-21(47-6)9-10-26(23)48-7)16-40(25)32(45)28(19(4)5)39-31(44)27(18(2)3)38-29(42)24-15-34-11-12-35-24/h9-13,15,17-20,22,25,27-28H,8,14,16H2,1-7H3,(H,36,43)(H,37,46)(H,38,42)(H,39,44)/t20-,22+,25-,27-,28-/m0/s1. The molecule has 0 spiro atoms. The molecule has 0 radical (unpaired) electrons. The molecule has 1 aliphatic rings. The van der Waals surface area contributed by atoms with Crippen molar-refractivity contribution in [3.63, 3.8) is 0 Å². The molecular weight excluding hydrogens is 638 g/mol. The smallest absolute Gasteiger partial charge is 0.412 e. The van der Waals surface area contributed by atoms with Gasteiger partial charge in [-0.3, -0.25) is 29.5 Å². The van der Waals surface area contributed by atoms with Crippen LogP contribution in [0, 0.1) is 11.8 Å². The van der Waals surface area contributed by atoms with E-state index < -0.39 is 65.9 Å². The largest absolute Gasteiger partial charge is 0.497 e. The minimum atomic E-state index is -1.13. The van der Waals surface area contributed by atoms with Gasteiger partial charge in [0, 0.05) is 24.9 Å². The molecule has 16 nitrogen and oxygen atoms in total. The molecule has 2 heterocycles. The van der Waals surface area contributed by atoms with Crippen LogP contribution in [0.2, 0.25) is 0 Å². The molecule has 0 bridgehead atoms. The van der Waals surface area contributed by atoms with E-state index in [0.29, 0.717) is 24.2 Å². The van der Waals surface area contributed by atoms with E-state index in [1.807, 2.05) is 0 Å². The number of ether oxygens (including phenoxy) is 3. The summed E-state index contributed by atoms with van der Waals surface area (Å²) in [5, 5.41) is 10.6. The number of nitrogens with zero attached hydrogens (tertiary/aromatic N) is 3. The van der Waals surface area contributed by atoms with E-state index in [0.717, 1.165) is 0 Å². The van der Waals surface area contributed by atoms with Crippen molar-refractivity contribution in [1.82, 2.24) is 30.8 Å². The third kappa shape index (κ3) is 10.1. The molecule has 0 unspecified atom stereocenters. The predicted molar refractivity (Wildman–Crippen MR) is 177 cm³/mol. The van der Waals surface area contributed by atoms with Gasteiger partial charge >= 0.3 is 6.09 Å². The fourth-order valence-electron chi connectivity index (χ4n) is 5.19. The Kier molecular flexibility index (Phi) is 13.8. The first kappa shape index (κ1) is 38.2. The van der Waals surface area contributed by atoms with Crippen molar-refractivity contribution in [3.8, 4) is 11.5 Å². The molecule has 1 fully saturated rings.